The summed E-state index contributed by atoms with van der Waals surface area (Å²) in [5.74, 6) is -2.17. The maximum Gasteiger partial charge on any atom is 0.328 e. The van der Waals surface area contributed by atoms with Crippen molar-refractivity contribution in [1.82, 2.24) is 0 Å². The highest BCUT2D eigenvalue weighted by atomic mass is 35.5. The highest BCUT2D eigenvalue weighted by molar-refractivity contribution is 7.15. The van der Waals surface area contributed by atoms with E-state index in [4.69, 9.17) is 16.7 Å². The summed E-state index contributed by atoms with van der Waals surface area (Å²) in [5.41, 5.74) is 0.0282. The molecule has 7 heteroatoms. The second-order valence-electron chi connectivity index (χ2n) is 3.95. The summed E-state index contributed by atoms with van der Waals surface area (Å²) >= 11 is 6.73. The summed E-state index contributed by atoms with van der Waals surface area (Å²) in [7, 11) is 0. The van der Waals surface area contributed by atoms with Gasteiger partial charge in [-0.25, -0.2) is 9.18 Å². The lowest BCUT2D eigenvalue weighted by molar-refractivity contribution is -0.131. The van der Waals surface area contributed by atoms with Crippen molar-refractivity contribution in [2.24, 2.45) is 0 Å². The van der Waals surface area contributed by atoms with Crippen LogP contribution in [0.25, 0.3) is 6.08 Å². The van der Waals surface area contributed by atoms with Crippen molar-refractivity contribution in [1.29, 1.82) is 0 Å². The van der Waals surface area contributed by atoms with E-state index in [0.29, 0.717) is 9.75 Å². The smallest absolute Gasteiger partial charge is 0.328 e. The molecule has 0 unspecified atom stereocenters. The summed E-state index contributed by atoms with van der Waals surface area (Å²) in [6.45, 7) is 0. The number of benzene rings is 1. The van der Waals surface area contributed by atoms with Crippen LogP contribution in [0.15, 0.2) is 36.4 Å². The number of thiophene rings is 1. The Morgan fingerprint density at radius 1 is 1.29 bits per heavy atom. The van der Waals surface area contributed by atoms with Gasteiger partial charge in [-0.1, -0.05) is 11.6 Å². The minimum absolute atomic E-state index is 0.0282. The van der Waals surface area contributed by atoms with Crippen LogP contribution in [-0.2, 0) is 4.79 Å². The zero-order valence-corrected chi connectivity index (χ0v) is 12.0. The lowest BCUT2D eigenvalue weighted by atomic mass is 10.3. The molecule has 2 N–H and O–H groups in total. The van der Waals surface area contributed by atoms with E-state index in [1.165, 1.54) is 24.3 Å². The van der Waals surface area contributed by atoms with E-state index in [0.717, 1.165) is 23.5 Å². The van der Waals surface area contributed by atoms with Gasteiger partial charge >= 0.3 is 5.97 Å². The van der Waals surface area contributed by atoms with Crippen molar-refractivity contribution in [3.8, 4) is 0 Å². The molecule has 4 nitrogen and oxygen atoms in total. The molecule has 2 aromatic rings. The van der Waals surface area contributed by atoms with Crippen LogP contribution in [0.3, 0.4) is 0 Å². The molecule has 0 saturated carbocycles. The van der Waals surface area contributed by atoms with E-state index < -0.39 is 17.7 Å². The molecule has 108 valence electrons. The molecule has 2 rings (SSSR count). The first-order chi connectivity index (χ1) is 9.95. The summed E-state index contributed by atoms with van der Waals surface area (Å²) < 4.78 is 13.6. The molecule has 0 fully saturated rings. The van der Waals surface area contributed by atoms with Gasteiger partial charge in [0.05, 0.1) is 10.6 Å². The Morgan fingerprint density at radius 3 is 2.71 bits per heavy atom. The molecule has 0 spiro atoms. The Balaban J connectivity index is 2.12. The van der Waals surface area contributed by atoms with Crippen molar-refractivity contribution in [3.05, 3.63) is 57.0 Å². The van der Waals surface area contributed by atoms with Crippen LogP contribution >= 0.6 is 22.9 Å². The van der Waals surface area contributed by atoms with Gasteiger partial charge in [0.15, 0.2) is 0 Å². The highest BCUT2D eigenvalue weighted by Crippen LogP contribution is 2.22. The fourth-order valence-electron chi connectivity index (χ4n) is 1.49. The van der Waals surface area contributed by atoms with Gasteiger partial charge in [0.25, 0.3) is 5.91 Å². The molecule has 0 aliphatic carbocycles. The van der Waals surface area contributed by atoms with Gasteiger partial charge in [-0.2, -0.15) is 0 Å². The van der Waals surface area contributed by atoms with Gasteiger partial charge in [-0.15, -0.1) is 11.3 Å². The van der Waals surface area contributed by atoms with Gasteiger partial charge in [0.2, 0.25) is 0 Å². The normalized spacial score (nSPS) is 10.8. The van der Waals surface area contributed by atoms with Crippen molar-refractivity contribution < 1.29 is 19.1 Å². The number of carbonyl (C=O) groups excluding carboxylic acids is 1. The fourth-order valence-corrected chi connectivity index (χ4v) is 2.46. The maximum absolute atomic E-state index is 13.6. The number of nitrogens with one attached hydrogen (secondary N) is 1. The first kappa shape index (κ1) is 15.2. The third-order valence-corrected chi connectivity index (χ3v) is 3.70. The summed E-state index contributed by atoms with van der Waals surface area (Å²) in [6, 6.07) is 7.09. The van der Waals surface area contributed by atoms with Crippen LogP contribution in [0, 0.1) is 5.82 Å². The van der Waals surface area contributed by atoms with Crippen molar-refractivity contribution in [2.45, 2.75) is 0 Å². The molecule has 0 aliphatic rings. The quantitative estimate of drug-likeness (QED) is 0.838. The average molecular weight is 326 g/mol. The van der Waals surface area contributed by atoms with Gasteiger partial charge in [-0.3, -0.25) is 4.79 Å². The number of carboxylic acids is 1. The predicted molar refractivity (Wildman–Crippen MR) is 80.4 cm³/mol. The van der Waals surface area contributed by atoms with Crippen LogP contribution in [0.5, 0.6) is 0 Å². The van der Waals surface area contributed by atoms with Crippen LogP contribution < -0.4 is 5.32 Å². The first-order valence-corrected chi connectivity index (χ1v) is 6.92. The fraction of sp³-hybridized carbons (Fsp3) is 0. The maximum atomic E-state index is 13.6. The van der Waals surface area contributed by atoms with E-state index in [-0.39, 0.29) is 10.7 Å². The molecule has 0 saturated heterocycles. The molecular formula is C14H9ClFNO3S. The van der Waals surface area contributed by atoms with E-state index in [2.05, 4.69) is 5.32 Å². The standard InChI is InChI=1S/C14H9ClFNO3S/c15-8-1-4-11(10(16)7-8)17-14(20)12-5-2-9(21-12)3-6-13(18)19/h1-7H,(H,17,20)(H,18,19). The number of carbonyl (C=O) groups is 2. The Labute approximate surface area is 128 Å². The number of amides is 1. The second-order valence-corrected chi connectivity index (χ2v) is 5.50. The minimum atomic E-state index is -1.07. The Bertz CT molecular complexity index is 727. The molecule has 0 bridgehead atoms. The van der Waals surface area contributed by atoms with E-state index in [1.807, 2.05) is 0 Å². The predicted octanol–water partition coefficient (Wildman–Crippen LogP) is 3.89. The zero-order chi connectivity index (χ0) is 15.4. The molecule has 0 atom stereocenters. The van der Waals surface area contributed by atoms with Gasteiger partial charge in [0, 0.05) is 16.0 Å². The van der Waals surface area contributed by atoms with E-state index in [1.54, 1.807) is 6.07 Å². The molecule has 0 aliphatic heterocycles. The molecule has 0 radical (unpaired) electrons. The van der Waals surface area contributed by atoms with Gasteiger partial charge in [-0.05, 0) is 36.4 Å². The Morgan fingerprint density at radius 2 is 2.05 bits per heavy atom. The molecule has 1 aromatic heterocycles. The SMILES string of the molecule is O=C(O)C=Cc1ccc(C(=O)Nc2ccc(Cl)cc2F)s1. The second kappa shape index (κ2) is 6.51. The summed E-state index contributed by atoms with van der Waals surface area (Å²) in [6.07, 6.45) is 2.36. The number of halogens is 2. The van der Waals surface area contributed by atoms with Crippen molar-refractivity contribution in [2.75, 3.05) is 5.32 Å². The lowest BCUT2D eigenvalue weighted by Gasteiger charge is -2.04. The lowest BCUT2D eigenvalue weighted by Crippen LogP contribution is -2.11. The van der Waals surface area contributed by atoms with Crippen LogP contribution in [-0.4, -0.2) is 17.0 Å². The largest absolute Gasteiger partial charge is 0.478 e. The molecule has 1 amide bonds. The number of rotatable bonds is 4. The summed E-state index contributed by atoms with van der Waals surface area (Å²) in [4.78, 5) is 23.3. The number of hydrogen-bond acceptors (Lipinski definition) is 3. The Hall–Kier alpha value is -2.18. The van der Waals surface area contributed by atoms with E-state index >= 15 is 0 Å². The van der Waals surface area contributed by atoms with Gasteiger partial charge in [0.1, 0.15) is 5.82 Å². The van der Waals surface area contributed by atoms with Crippen LogP contribution in [0.2, 0.25) is 5.02 Å². The third-order valence-electron chi connectivity index (χ3n) is 2.42. The first-order valence-electron chi connectivity index (χ1n) is 5.73. The number of aliphatic carboxylic acids is 1. The van der Waals surface area contributed by atoms with E-state index in [9.17, 15) is 14.0 Å². The number of anilines is 1. The molecule has 1 heterocycles. The monoisotopic (exact) mass is 325 g/mol. The zero-order valence-electron chi connectivity index (χ0n) is 10.5. The third kappa shape index (κ3) is 4.14. The van der Waals surface area contributed by atoms with Crippen LogP contribution in [0.4, 0.5) is 10.1 Å². The van der Waals surface area contributed by atoms with Crippen molar-refractivity contribution in [3.63, 3.8) is 0 Å². The average Bonchev–Trinajstić information content (AvgIpc) is 2.88. The minimum Gasteiger partial charge on any atom is -0.478 e. The molecular weight excluding hydrogens is 317 g/mol. The topological polar surface area (TPSA) is 66.4 Å². The number of hydrogen-bond donors (Lipinski definition) is 2. The highest BCUT2D eigenvalue weighted by Gasteiger charge is 2.11. The number of carboxylic acid groups (broad SMARTS) is 1. The Kier molecular flexibility index (Phi) is 4.72. The van der Waals surface area contributed by atoms with Crippen LogP contribution in [0.1, 0.15) is 14.5 Å². The van der Waals surface area contributed by atoms with Crippen molar-refractivity contribution >= 4 is 46.6 Å². The van der Waals surface area contributed by atoms with Gasteiger partial charge < -0.3 is 10.4 Å². The molecule has 21 heavy (non-hydrogen) atoms. The molecule has 1 aromatic carbocycles. The summed E-state index contributed by atoms with van der Waals surface area (Å²) in [5, 5.41) is 11.2.